The lowest BCUT2D eigenvalue weighted by Crippen LogP contribution is -2.08. The molecule has 2 rings (SSSR count). The Hall–Kier alpha value is -1.45. The van der Waals surface area contributed by atoms with Gasteiger partial charge in [0.05, 0.1) is 7.11 Å². The Bertz CT molecular complexity index is 591. The summed E-state index contributed by atoms with van der Waals surface area (Å²) in [6.07, 6.45) is 0. The quantitative estimate of drug-likeness (QED) is 0.845. The zero-order valence-corrected chi connectivity index (χ0v) is 13.9. The molecular weight excluding hydrogens is 278 g/mol. The monoisotopic (exact) mass is 301 g/mol. The lowest BCUT2D eigenvalue weighted by atomic mass is 10.0. The van der Waals surface area contributed by atoms with E-state index in [1.807, 2.05) is 19.1 Å². The van der Waals surface area contributed by atoms with Crippen LogP contribution in [0.3, 0.4) is 0 Å². The fourth-order valence-electron chi connectivity index (χ4n) is 2.29. The van der Waals surface area contributed by atoms with Crippen LogP contribution in [0.15, 0.2) is 52.3 Å². The zero-order chi connectivity index (χ0) is 15.4. The van der Waals surface area contributed by atoms with Gasteiger partial charge in [-0.1, -0.05) is 43.8 Å². The standard InChI is InChI=1S/C18H23NOS/c1-12(2)14-8-10-15(11-9-14)21-17-7-5-6-16(20-4)18(17)13(3)19/h5-13H,19H2,1-4H3. The molecule has 2 aromatic rings. The summed E-state index contributed by atoms with van der Waals surface area (Å²) in [6.45, 7) is 6.40. The van der Waals surface area contributed by atoms with Crippen LogP contribution in [-0.4, -0.2) is 7.11 Å². The Labute approximate surface area is 131 Å². The highest BCUT2D eigenvalue weighted by Gasteiger charge is 2.14. The largest absolute Gasteiger partial charge is 0.496 e. The molecule has 112 valence electrons. The van der Waals surface area contributed by atoms with Crippen molar-refractivity contribution in [3.8, 4) is 5.75 Å². The third kappa shape index (κ3) is 3.80. The Morgan fingerprint density at radius 2 is 1.67 bits per heavy atom. The summed E-state index contributed by atoms with van der Waals surface area (Å²) >= 11 is 1.73. The number of nitrogens with two attached hydrogens (primary N) is 1. The van der Waals surface area contributed by atoms with Crippen LogP contribution in [-0.2, 0) is 0 Å². The fourth-order valence-corrected chi connectivity index (χ4v) is 3.36. The van der Waals surface area contributed by atoms with Gasteiger partial charge in [0.2, 0.25) is 0 Å². The van der Waals surface area contributed by atoms with E-state index in [2.05, 4.69) is 44.2 Å². The summed E-state index contributed by atoms with van der Waals surface area (Å²) < 4.78 is 5.44. The first-order valence-electron chi connectivity index (χ1n) is 7.23. The molecule has 2 N–H and O–H groups in total. The van der Waals surface area contributed by atoms with Gasteiger partial charge in [-0.15, -0.1) is 0 Å². The van der Waals surface area contributed by atoms with Gasteiger partial charge < -0.3 is 10.5 Å². The fraction of sp³-hybridized carbons (Fsp3) is 0.333. The lowest BCUT2D eigenvalue weighted by molar-refractivity contribution is 0.405. The molecule has 0 heterocycles. The van der Waals surface area contributed by atoms with Crippen molar-refractivity contribution >= 4 is 11.8 Å². The molecule has 0 aliphatic carbocycles. The van der Waals surface area contributed by atoms with Crippen molar-refractivity contribution in [1.29, 1.82) is 0 Å². The predicted molar refractivity (Wildman–Crippen MR) is 90.3 cm³/mol. The summed E-state index contributed by atoms with van der Waals surface area (Å²) in [5.74, 6) is 1.41. The maximum Gasteiger partial charge on any atom is 0.124 e. The lowest BCUT2D eigenvalue weighted by Gasteiger charge is -2.16. The van der Waals surface area contributed by atoms with Crippen LogP contribution in [0.25, 0.3) is 0 Å². The molecule has 0 radical (unpaired) electrons. The second-order valence-electron chi connectivity index (χ2n) is 5.49. The Kier molecular flexibility index (Phi) is 5.32. The minimum atomic E-state index is -0.0569. The van der Waals surface area contributed by atoms with Crippen molar-refractivity contribution in [1.82, 2.24) is 0 Å². The maximum absolute atomic E-state index is 6.12. The number of ether oxygens (including phenoxy) is 1. The van der Waals surface area contributed by atoms with Crippen LogP contribution < -0.4 is 10.5 Å². The van der Waals surface area contributed by atoms with Crippen molar-refractivity contribution in [2.45, 2.75) is 42.5 Å². The Balaban J connectivity index is 2.30. The summed E-state index contributed by atoms with van der Waals surface area (Å²) in [4.78, 5) is 2.37. The molecule has 0 aliphatic heterocycles. The van der Waals surface area contributed by atoms with E-state index in [0.29, 0.717) is 5.92 Å². The van der Waals surface area contributed by atoms with Crippen molar-refractivity contribution < 1.29 is 4.74 Å². The molecular formula is C18H23NOS. The first-order valence-corrected chi connectivity index (χ1v) is 8.05. The van der Waals surface area contributed by atoms with Crippen LogP contribution in [0, 0.1) is 0 Å². The summed E-state index contributed by atoms with van der Waals surface area (Å²) in [5, 5.41) is 0. The average Bonchev–Trinajstić information content (AvgIpc) is 2.47. The van der Waals surface area contributed by atoms with Crippen LogP contribution in [0.4, 0.5) is 0 Å². The Morgan fingerprint density at radius 1 is 1.00 bits per heavy atom. The van der Waals surface area contributed by atoms with E-state index in [9.17, 15) is 0 Å². The first kappa shape index (κ1) is 15.9. The molecule has 21 heavy (non-hydrogen) atoms. The number of methoxy groups -OCH3 is 1. The molecule has 0 aromatic heterocycles. The van der Waals surface area contributed by atoms with Crippen molar-refractivity contribution in [3.63, 3.8) is 0 Å². The number of benzene rings is 2. The topological polar surface area (TPSA) is 35.2 Å². The van der Waals surface area contributed by atoms with E-state index in [0.717, 1.165) is 16.2 Å². The Morgan fingerprint density at radius 3 is 2.19 bits per heavy atom. The van der Waals surface area contributed by atoms with Gasteiger partial charge in [0.25, 0.3) is 0 Å². The van der Waals surface area contributed by atoms with Crippen LogP contribution >= 0.6 is 11.8 Å². The molecule has 3 heteroatoms. The van der Waals surface area contributed by atoms with Crippen molar-refractivity contribution in [2.75, 3.05) is 7.11 Å². The summed E-state index contributed by atoms with van der Waals surface area (Å²) in [6, 6.07) is 14.7. The molecule has 0 aliphatic rings. The van der Waals surface area contributed by atoms with E-state index in [-0.39, 0.29) is 6.04 Å². The van der Waals surface area contributed by atoms with Crippen LogP contribution in [0.1, 0.15) is 43.9 Å². The highest BCUT2D eigenvalue weighted by molar-refractivity contribution is 7.99. The van der Waals surface area contributed by atoms with E-state index in [1.54, 1.807) is 18.9 Å². The minimum Gasteiger partial charge on any atom is -0.496 e. The molecule has 0 saturated heterocycles. The van der Waals surface area contributed by atoms with Crippen LogP contribution in [0.5, 0.6) is 5.75 Å². The van der Waals surface area contributed by atoms with E-state index in [4.69, 9.17) is 10.5 Å². The van der Waals surface area contributed by atoms with Crippen molar-refractivity contribution in [2.24, 2.45) is 5.73 Å². The molecule has 0 amide bonds. The van der Waals surface area contributed by atoms with Gasteiger partial charge in [-0.05, 0) is 42.7 Å². The number of hydrogen-bond donors (Lipinski definition) is 1. The molecule has 1 unspecified atom stereocenters. The maximum atomic E-state index is 6.12. The van der Waals surface area contributed by atoms with E-state index < -0.39 is 0 Å². The van der Waals surface area contributed by atoms with Gasteiger partial charge in [-0.2, -0.15) is 0 Å². The van der Waals surface area contributed by atoms with Crippen molar-refractivity contribution in [3.05, 3.63) is 53.6 Å². The second-order valence-corrected chi connectivity index (χ2v) is 6.60. The smallest absolute Gasteiger partial charge is 0.124 e. The summed E-state index contributed by atoms with van der Waals surface area (Å²) in [7, 11) is 1.69. The molecule has 1 atom stereocenters. The predicted octanol–water partition coefficient (Wildman–Crippen LogP) is 4.99. The molecule has 2 nitrogen and oxygen atoms in total. The zero-order valence-electron chi connectivity index (χ0n) is 13.1. The molecule has 0 fully saturated rings. The van der Waals surface area contributed by atoms with E-state index in [1.165, 1.54) is 10.5 Å². The molecule has 0 bridgehead atoms. The van der Waals surface area contributed by atoms with Gasteiger partial charge >= 0.3 is 0 Å². The molecule has 2 aromatic carbocycles. The molecule has 0 saturated carbocycles. The SMILES string of the molecule is COc1cccc(Sc2ccc(C(C)C)cc2)c1C(C)N. The highest BCUT2D eigenvalue weighted by Crippen LogP contribution is 2.37. The third-order valence-electron chi connectivity index (χ3n) is 3.48. The van der Waals surface area contributed by atoms with Crippen LogP contribution in [0.2, 0.25) is 0 Å². The first-order chi connectivity index (χ1) is 10.0. The number of rotatable bonds is 5. The summed E-state index contributed by atoms with van der Waals surface area (Å²) in [5.41, 5.74) is 8.54. The van der Waals surface area contributed by atoms with Gasteiger partial charge in [-0.3, -0.25) is 0 Å². The number of hydrogen-bond acceptors (Lipinski definition) is 3. The van der Waals surface area contributed by atoms with Gasteiger partial charge in [0.1, 0.15) is 5.75 Å². The van der Waals surface area contributed by atoms with Gasteiger partial charge in [0.15, 0.2) is 0 Å². The molecule has 0 spiro atoms. The minimum absolute atomic E-state index is 0.0569. The van der Waals surface area contributed by atoms with Gasteiger partial charge in [0, 0.05) is 21.4 Å². The average molecular weight is 301 g/mol. The third-order valence-corrected chi connectivity index (χ3v) is 4.56. The van der Waals surface area contributed by atoms with Gasteiger partial charge in [-0.25, -0.2) is 0 Å². The normalized spacial score (nSPS) is 12.5. The van der Waals surface area contributed by atoms with E-state index >= 15 is 0 Å². The second kappa shape index (κ2) is 7.01. The highest BCUT2D eigenvalue weighted by atomic mass is 32.2.